The van der Waals surface area contributed by atoms with Crippen LogP contribution in [0.3, 0.4) is 0 Å². The van der Waals surface area contributed by atoms with Crippen molar-refractivity contribution < 1.29 is 9.59 Å². The van der Waals surface area contributed by atoms with Gasteiger partial charge in [0.15, 0.2) is 4.96 Å². The van der Waals surface area contributed by atoms with Gasteiger partial charge < -0.3 is 10.6 Å². The molecular formula is C17H16N4O3S2. The number of benzene rings is 1. The summed E-state index contributed by atoms with van der Waals surface area (Å²) in [6, 6.07) is 8.38. The Hall–Kier alpha value is -2.65. The molecule has 0 saturated carbocycles. The summed E-state index contributed by atoms with van der Waals surface area (Å²) in [5.41, 5.74) is 1.87. The summed E-state index contributed by atoms with van der Waals surface area (Å²) < 4.78 is 1.50. The minimum atomic E-state index is -0.146. The van der Waals surface area contributed by atoms with E-state index in [1.54, 1.807) is 30.5 Å². The van der Waals surface area contributed by atoms with Crippen LogP contribution < -0.4 is 16.2 Å². The van der Waals surface area contributed by atoms with Gasteiger partial charge in [0.1, 0.15) is 0 Å². The van der Waals surface area contributed by atoms with Crippen molar-refractivity contribution in [2.75, 3.05) is 16.4 Å². The smallest absolute Gasteiger partial charge is 0.258 e. The molecule has 0 fully saturated rings. The van der Waals surface area contributed by atoms with E-state index in [4.69, 9.17) is 0 Å². The Morgan fingerprint density at radius 1 is 1.19 bits per heavy atom. The number of anilines is 2. The number of amides is 2. The molecule has 2 heterocycles. The van der Waals surface area contributed by atoms with Gasteiger partial charge in [0.2, 0.25) is 11.8 Å². The molecule has 9 heteroatoms. The number of thioether (sulfide) groups is 1. The van der Waals surface area contributed by atoms with Gasteiger partial charge in [-0.15, -0.1) is 23.1 Å². The number of carbonyl (C=O) groups is 2. The van der Waals surface area contributed by atoms with Crippen LogP contribution in [0.25, 0.3) is 4.96 Å². The Bertz CT molecular complexity index is 995. The Kier molecular flexibility index (Phi) is 5.69. The fourth-order valence-electron chi connectivity index (χ4n) is 2.25. The van der Waals surface area contributed by atoms with Crippen LogP contribution in [0, 0.1) is 0 Å². The van der Waals surface area contributed by atoms with E-state index in [1.165, 1.54) is 40.5 Å². The monoisotopic (exact) mass is 388 g/mol. The first-order valence-electron chi connectivity index (χ1n) is 7.72. The average Bonchev–Trinajstić information content (AvgIpc) is 3.05. The van der Waals surface area contributed by atoms with Crippen LogP contribution in [0.1, 0.15) is 12.6 Å². The molecule has 0 bridgehead atoms. The number of rotatable bonds is 6. The molecule has 0 radical (unpaired) electrons. The molecule has 7 nitrogen and oxygen atoms in total. The highest BCUT2D eigenvalue weighted by Crippen LogP contribution is 2.15. The number of nitrogens with zero attached hydrogens (tertiary/aromatic N) is 2. The van der Waals surface area contributed by atoms with E-state index in [9.17, 15) is 14.4 Å². The predicted octanol–water partition coefficient (Wildman–Crippen LogP) is 2.59. The zero-order valence-corrected chi connectivity index (χ0v) is 15.5. The quantitative estimate of drug-likeness (QED) is 0.677. The van der Waals surface area contributed by atoms with E-state index >= 15 is 0 Å². The molecule has 0 spiro atoms. The standard InChI is InChI=1S/C17H16N4O3S2/c1-11(22)18-12-2-4-13(5-3-12)19-15(23)10-25-9-14-8-16(24)21-6-7-26-17(21)20-14/h2-8H,9-10H2,1H3,(H,18,22)(H,19,23). The van der Waals surface area contributed by atoms with E-state index in [2.05, 4.69) is 15.6 Å². The topological polar surface area (TPSA) is 92.6 Å². The molecule has 0 unspecified atom stereocenters. The fourth-order valence-corrected chi connectivity index (χ4v) is 3.70. The molecule has 0 aliphatic rings. The van der Waals surface area contributed by atoms with Crippen LogP contribution >= 0.6 is 23.1 Å². The summed E-state index contributed by atoms with van der Waals surface area (Å²) >= 11 is 2.79. The molecule has 0 aliphatic carbocycles. The van der Waals surface area contributed by atoms with E-state index in [0.29, 0.717) is 27.8 Å². The van der Waals surface area contributed by atoms with E-state index < -0.39 is 0 Å². The molecule has 0 saturated heterocycles. The van der Waals surface area contributed by atoms with Crippen LogP contribution in [0.4, 0.5) is 11.4 Å². The second kappa shape index (κ2) is 8.15. The lowest BCUT2D eigenvalue weighted by Gasteiger charge is -2.07. The Labute approximate surface area is 157 Å². The second-order valence-corrected chi connectivity index (χ2v) is 7.30. The molecule has 2 aromatic heterocycles. The minimum absolute atomic E-state index is 0.115. The van der Waals surface area contributed by atoms with Gasteiger partial charge in [0, 0.05) is 41.7 Å². The Morgan fingerprint density at radius 2 is 1.88 bits per heavy atom. The normalized spacial score (nSPS) is 10.7. The number of aromatic nitrogens is 2. The lowest BCUT2D eigenvalue weighted by Crippen LogP contribution is -2.15. The molecule has 0 atom stereocenters. The van der Waals surface area contributed by atoms with Crippen LogP contribution in [0.5, 0.6) is 0 Å². The van der Waals surface area contributed by atoms with Crippen molar-refractivity contribution >= 4 is 51.2 Å². The van der Waals surface area contributed by atoms with Gasteiger partial charge in [-0.25, -0.2) is 4.98 Å². The third-order valence-corrected chi connectivity index (χ3v) is 5.05. The lowest BCUT2D eigenvalue weighted by atomic mass is 10.3. The third-order valence-electron chi connectivity index (χ3n) is 3.33. The van der Waals surface area contributed by atoms with Gasteiger partial charge in [-0.2, -0.15) is 0 Å². The van der Waals surface area contributed by atoms with Crippen molar-refractivity contribution in [3.63, 3.8) is 0 Å². The van der Waals surface area contributed by atoms with Crippen LogP contribution in [-0.4, -0.2) is 27.0 Å². The molecular weight excluding hydrogens is 372 g/mol. The van der Waals surface area contributed by atoms with Crippen LogP contribution in [0.2, 0.25) is 0 Å². The average molecular weight is 388 g/mol. The zero-order chi connectivity index (χ0) is 18.5. The van der Waals surface area contributed by atoms with Gasteiger partial charge in [0.25, 0.3) is 5.56 Å². The summed E-state index contributed by atoms with van der Waals surface area (Å²) in [5.74, 6) is 0.445. The molecule has 3 aromatic rings. The fraction of sp³-hybridized carbons (Fsp3) is 0.176. The van der Waals surface area contributed by atoms with Crippen LogP contribution in [-0.2, 0) is 15.3 Å². The summed E-state index contributed by atoms with van der Waals surface area (Å²) in [5, 5.41) is 7.26. The van der Waals surface area contributed by atoms with E-state index in [-0.39, 0.29) is 23.1 Å². The molecule has 0 aliphatic heterocycles. The van der Waals surface area contributed by atoms with Crippen molar-refractivity contribution in [1.29, 1.82) is 0 Å². The second-order valence-electron chi connectivity index (χ2n) is 5.44. The first-order valence-corrected chi connectivity index (χ1v) is 9.76. The number of nitrogens with one attached hydrogen (secondary N) is 2. The molecule has 2 amide bonds. The summed E-state index contributed by atoms with van der Waals surface area (Å²) in [6.07, 6.45) is 1.69. The largest absolute Gasteiger partial charge is 0.326 e. The van der Waals surface area contributed by atoms with Crippen molar-refractivity contribution in [3.05, 3.63) is 58.0 Å². The maximum Gasteiger partial charge on any atom is 0.258 e. The summed E-state index contributed by atoms with van der Waals surface area (Å²) in [6.45, 7) is 1.44. The highest BCUT2D eigenvalue weighted by molar-refractivity contribution is 7.99. The molecule has 26 heavy (non-hydrogen) atoms. The first kappa shape index (κ1) is 18.2. The predicted molar refractivity (Wildman–Crippen MR) is 105 cm³/mol. The van der Waals surface area contributed by atoms with Gasteiger partial charge in [-0.3, -0.25) is 18.8 Å². The van der Waals surface area contributed by atoms with E-state index in [1.807, 2.05) is 5.38 Å². The van der Waals surface area contributed by atoms with Crippen LogP contribution in [0.15, 0.2) is 46.7 Å². The Morgan fingerprint density at radius 3 is 2.58 bits per heavy atom. The molecule has 2 N–H and O–H groups in total. The number of carbonyl (C=O) groups excluding carboxylic acids is 2. The maximum atomic E-state index is 12.0. The first-order chi connectivity index (χ1) is 12.5. The van der Waals surface area contributed by atoms with Gasteiger partial charge >= 0.3 is 0 Å². The molecule has 134 valence electrons. The third kappa shape index (κ3) is 4.70. The zero-order valence-electron chi connectivity index (χ0n) is 13.9. The van der Waals surface area contributed by atoms with E-state index in [0.717, 1.165) is 0 Å². The van der Waals surface area contributed by atoms with Crippen molar-refractivity contribution in [2.45, 2.75) is 12.7 Å². The van der Waals surface area contributed by atoms with Crippen molar-refractivity contribution in [1.82, 2.24) is 9.38 Å². The Balaban J connectivity index is 1.50. The number of fused-ring (bicyclic) bond motifs is 1. The number of hydrogen-bond donors (Lipinski definition) is 2. The van der Waals surface area contributed by atoms with Crippen molar-refractivity contribution in [2.24, 2.45) is 0 Å². The summed E-state index contributed by atoms with van der Waals surface area (Å²) in [4.78, 5) is 40.0. The number of hydrogen-bond acceptors (Lipinski definition) is 6. The maximum absolute atomic E-state index is 12.0. The SMILES string of the molecule is CC(=O)Nc1ccc(NC(=O)CSCc2cc(=O)n3ccsc3n2)cc1. The molecule has 1 aromatic carbocycles. The number of thiazole rings is 1. The lowest BCUT2D eigenvalue weighted by molar-refractivity contribution is -0.114. The van der Waals surface area contributed by atoms with Crippen molar-refractivity contribution in [3.8, 4) is 0 Å². The highest BCUT2D eigenvalue weighted by Gasteiger charge is 2.07. The molecule has 3 rings (SSSR count). The highest BCUT2D eigenvalue weighted by atomic mass is 32.2. The van der Waals surface area contributed by atoms with Gasteiger partial charge in [-0.05, 0) is 24.3 Å². The minimum Gasteiger partial charge on any atom is -0.326 e. The summed E-state index contributed by atoms with van der Waals surface area (Å²) in [7, 11) is 0. The van der Waals surface area contributed by atoms with Gasteiger partial charge in [-0.1, -0.05) is 0 Å². The van der Waals surface area contributed by atoms with Gasteiger partial charge in [0.05, 0.1) is 11.4 Å².